The summed E-state index contributed by atoms with van der Waals surface area (Å²) >= 11 is 0. The van der Waals surface area contributed by atoms with Gasteiger partial charge in [0.1, 0.15) is 5.75 Å². The fourth-order valence-electron chi connectivity index (χ4n) is 5.36. The lowest BCUT2D eigenvalue weighted by Gasteiger charge is -2.54. The van der Waals surface area contributed by atoms with Crippen LogP contribution in [0.25, 0.3) is 0 Å². The van der Waals surface area contributed by atoms with Crippen molar-refractivity contribution in [1.29, 1.82) is 0 Å². The van der Waals surface area contributed by atoms with E-state index in [9.17, 15) is 0 Å². The summed E-state index contributed by atoms with van der Waals surface area (Å²) in [6.45, 7) is 3.78. The second kappa shape index (κ2) is 5.64. The van der Waals surface area contributed by atoms with E-state index in [1.54, 1.807) is 6.42 Å². The van der Waals surface area contributed by atoms with Gasteiger partial charge in [-0.05, 0) is 80.4 Å². The molecule has 1 aromatic carbocycles. The van der Waals surface area contributed by atoms with Gasteiger partial charge in [0.05, 0.1) is 6.61 Å². The van der Waals surface area contributed by atoms with Crippen LogP contribution in [-0.2, 0) is 6.54 Å². The van der Waals surface area contributed by atoms with Crippen LogP contribution >= 0.6 is 0 Å². The summed E-state index contributed by atoms with van der Waals surface area (Å²) in [6.07, 6.45) is 7.52. The molecule has 0 radical (unpaired) electrons. The van der Waals surface area contributed by atoms with Gasteiger partial charge in [-0.25, -0.2) is 0 Å². The first-order valence-electron chi connectivity index (χ1n) is 8.77. The molecule has 21 heavy (non-hydrogen) atoms. The molecular formula is C19H27NO. The Balaban J connectivity index is 1.36. The van der Waals surface area contributed by atoms with Crippen LogP contribution in [0.1, 0.15) is 44.6 Å². The Morgan fingerprint density at radius 1 is 0.952 bits per heavy atom. The van der Waals surface area contributed by atoms with Crippen LogP contribution in [0.5, 0.6) is 5.75 Å². The fraction of sp³-hybridized carbons (Fsp3) is 0.684. The van der Waals surface area contributed by atoms with Crippen LogP contribution in [0.3, 0.4) is 0 Å². The van der Waals surface area contributed by atoms with Crippen LogP contribution in [-0.4, -0.2) is 12.6 Å². The molecule has 0 unspecified atom stereocenters. The molecule has 4 saturated carbocycles. The molecule has 1 N–H and O–H groups in total. The zero-order valence-electron chi connectivity index (χ0n) is 13.1. The SMILES string of the molecule is CCOc1ccc(CNC2C3CC4CC(C3)CC2C4)cc1. The summed E-state index contributed by atoms with van der Waals surface area (Å²) in [5, 5.41) is 3.89. The van der Waals surface area contributed by atoms with Gasteiger partial charge in [-0.2, -0.15) is 0 Å². The maximum atomic E-state index is 5.51. The number of hydrogen-bond acceptors (Lipinski definition) is 2. The predicted octanol–water partition coefficient (Wildman–Crippen LogP) is 4.00. The van der Waals surface area contributed by atoms with Crippen molar-refractivity contribution < 1.29 is 4.74 Å². The molecule has 4 aliphatic carbocycles. The molecule has 2 nitrogen and oxygen atoms in total. The number of ether oxygens (including phenoxy) is 1. The highest BCUT2D eigenvalue weighted by Crippen LogP contribution is 2.53. The molecule has 4 aliphatic rings. The van der Waals surface area contributed by atoms with Crippen molar-refractivity contribution in [3.05, 3.63) is 29.8 Å². The molecule has 0 aromatic heterocycles. The van der Waals surface area contributed by atoms with Gasteiger partial charge < -0.3 is 10.1 Å². The second-order valence-corrected chi connectivity index (χ2v) is 7.41. The summed E-state index contributed by atoms with van der Waals surface area (Å²) in [5.41, 5.74) is 1.38. The van der Waals surface area contributed by atoms with E-state index >= 15 is 0 Å². The minimum absolute atomic E-state index is 0.741. The molecule has 0 heterocycles. The summed E-state index contributed by atoms with van der Waals surface area (Å²) < 4.78 is 5.51. The quantitative estimate of drug-likeness (QED) is 0.883. The van der Waals surface area contributed by atoms with Crippen LogP contribution in [0, 0.1) is 23.7 Å². The molecule has 5 rings (SSSR count). The van der Waals surface area contributed by atoms with Gasteiger partial charge in [0, 0.05) is 12.6 Å². The van der Waals surface area contributed by atoms with E-state index in [4.69, 9.17) is 4.74 Å². The molecule has 0 atom stereocenters. The molecule has 0 amide bonds. The Morgan fingerprint density at radius 3 is 2.14 bits per heavy atom. The molecule has 0 spiro atoms. The van der Waals surface area contributed by atoms with E-state index in [1.807, 2.05) is 6.92 Å². The molecule has 0 saturated heterocycles. The molecule has 1 aromatic rings. The topological polar surface area (TPSA) is 21.3 Å². The highest BCUT2D eigenvalue weighted by Gasteiger charge is 2.47. The Hall–Kier alpha value is -1.02. The molecule has 4 bridgehead atoms. The van der Waals surface area contributed by atoms with Crippen molar-refractivity contribution in [2.75, 3.05) is 6.61 Å². The lowest BCUT2D eigenvalue weighted by Crippen LogP contribution is -2.54. The fourth-order valence-corrected chi connectivity index (χ4v) is 5.36. The first-order valence-corrected chi connectivity index (χ1v) is 8.77. The molecule has 2 heteroatoms. The Labute approximate surface area is 128 Å². The Kier molecular flexibility index (Phi) is 3.66. The largest absolute Gasteiger partial charge is 0.494 e. The predicted molar refractivity (Wildman–Crippen MR) is 85.3 cm³/mol. The number of hydrogen-bond donors (Lipinski definition) is 1. The average molecular weight is 285 g/mol. The van der Waals surface area contributed by atoms with Gasteiger partial charge in [0.15, 0.2) is 0 Å². The van der Waals surface area contributed by atoms with Crippen molar-refractivity contribution >= 4 is 0 Å². The second-order valence-electron chi connectivity index (χ2n) is 7.41. The number of nitrogens with one attached hydrogen (secondary N) is 1. The lowest BCUT2D eigenvalue weighted by atomic mass is 9.54. The monoisotopic (exact) mass is 285 g/mol. The standard InChI is InChI=1S/C19H27NO/c1-2-21-18-5-3-13(4-6-18)12-20-19-16-8-14-7-15(10-16)11-17(19)9-14/h3-6,14-17,19-20H,2,7-12H2,1H3. The van der Waals surface area contributed by atoms with Crippen LogP contribution in [0.15, 0.2) is 24.3 Å². The summed E-state index contributed by atoms with van der Waals surface area (Å²) in [5.74, 6) is 5.04. The molecule has 0 aliphatic heterocycles. The molecule has 4 fully saturated rings. The Bertz CT molecular complexity index is 453. The van der Waals surface area contributed by atoms with E-state index in [0.717, 1.165) is 48.6 Å². The smallest absolute Gasteiger partial charge is 0.119 e. The lowest BCUT2D eigenvalue weighted by molar-refractivity contribution is -0.0142. The van der Waals surface area contributed by atoms with Crippen molar-refractivity contribution in [2.45, 2.75) is 51.6 Å². The summed E-state index contributed by atoms with van der Waals surface area (Å²) in [4.78, 5) is 0. The van der Waals surface area contributed by atoms with Gasteiger partial charge >= 0.3 is 0 Å². The van der Waals surface area contributed by atoms with Crippen molar-refractivity contribution in [3.63, 3.8) is 0 Å². The highest BCUT2D eigenvalue weighted by atomic mass is 16.5. The van der Waals surface area contributed by atoms with E-state index in [-0.39, 0.29) is 0 Å². The van der Waals surface area contributed by atoms with Crippen molar-refractivity contribution in [1.82, 2.24) is 5.32 Å². The van der Waals surface area contributed by atoms with Crippen molar-refractivity contribution in [3.8, 4) is 5.75 Å². The summed E-state index contributed by atoms with van der Waals surface area (Å²) in [7, 11) is 0. The minimum Gasteiger partial charge on any atom is -0.494 e. The van der Waals surface area contributed by atoms with Crippen LogP contribution in [0.2, 0.25) is 0 Å². The van der Waals surface area contributed by atoms with Crippen molar-refractivity contribution in [2.24, 2.45) is 23.7 Å². The Morgan fingerprint density at radius 2 is 1.57 bits per heavy atom. The van der Waals surface area contributed by atoms with Gasteiger partial charge in [-0.3, -0.25) is 0 Å². The third-order valence-electron chi connectivity index (χ3n) is 6.00. The molecular weight excluding hydrogens is 258 g/mol. The summed E-state index contributed by atoms with van der Waals surface area (Å²) in [6, 6.07) is 9.38. The van der Waals surface area contributed by atoms with Crippen LogP contribution < -0.4 is 10.1 Å². The van der Waals surface area contributed by atoms with Gasteiger partial charge in [-0.15, -0.1) is 0 Å². The van der Waals surface area contributed by atoms with Gasteiger partial charge in [-0.1, -0.05) is 12.1 Å². The van der Waals surface area contributed by atoms with Crippen LogP contribution in [0.4, 0.5) is 0 Å². The van der Waals surface area contributed by atoms with E-state index in [2.05, 4.69) is 29.6 Å². The van der Waals surface area contributed by atoms with E-state index < -0.39 is 0 Å². The van der Waals surface area contributed by atoms with Gasteiger partial charge in [0.25, 0.3) is 0 Å². The zero-order chi connectivity index (χ0) is 14.2. The maximum Gasteiger partial charge on any atom is 0.119 e. The van der Waals surface area contributed by atoms with E-state index in [1.165, 1.54) is 31.2 Å². The minimum atomic E-state index is 0.741. The molecule has 114 valence electrons. The first kappa shape index (κ1) is 13.6. The third-order valence-corrected chi connectivity index (χ3v) is 6.00. The van der Waals surface area contributed by atoms with E-state index in [0.29, 0.717) is 0 Å². The van der Waals surface area contributed by atoms with Gasteiger partial charge in [0.2, 0.25) is 0 Å². The normalized spacial score (nSPS) is 36.9. The maximum absolute atomic E-state index is 5.51. The zero-order valence-corrected chi connectivity index (χ0v) is 13.1. The average Bonchev–Trinajstić information content (AvgIpc) is 2.48. The number of rotatable bonds is 5. The third kappa shape index (κ3) is 2.70. The highest BCUT2D eigenvalue weighted by molar-refractivity contribution is 5.27. The first-order chi connectivity index (χ1) is 10.3. The number of benzene rings is 1.